The molecule has 0 aliphatic rings. The molecule has 0 amide bonds. The van der Waals surface area contributed by atoms with Gasteiger partial charge >= 0.3 is 11.9 Å². The molecule has 1 N–H and O–H groups in total. The second-order valence-electron chi connectivity index (χ2n) is 14.8. The molecule has 0 bridgehead atoms. The quantitative estimate of drug-likeness (QED) is 0.0386. The van der Waals surface area contributed by atoms with Gasteiger partial charge in [-0.15, -0.1) is 0 Å². The van der Waals surface area contributed by atoms with Gasteiger partial charge in [0, 0.05) is 12.8 Å². The Kier molecular flexibility index (Phi) is 41.5. The fourth-order valence-electron chi connectivity index (χ4n) is 6.20. The lowest BCUT2D eigenvalue weighted by Crippen LogP contribution is -2.28. The number of rotatable bonds is 40. The molecule has 0 radical (unpaired) electrons. The van der Waals surface area contributed by atoms with Crippen molar-refractivity contribution in [1.29, 1.82) is 0 Å². The van der Waals surface area contributed by atoms with Crippen LogP contribution in [0.4, 0.5) is 0 Å². The summed E-state index contributed by atoms with van der Waals surface area (Å²) in [4.78, 5) is 24.3. The Bertz CT molecular complexity index is 873. The van der Waals surface area contributed by atoms with Gasteiger partial charge in [-0.2, -0.15) is 0 Å². The van der Waals surface area contributed by atoms with E-state index in [9.17, 15) is 14.7 Å². The summed E-state index contributed by atoms with van der Waals surface area (Å²) in [6.45, 7) is 4.10. The number of hydrogen-bond donors (Lipinski definition) is 1. The van der Waals surface area contributed by atoms with Gasteiger partial charge in [-0.25, -0.2) is 0 Å². The van der Waals surface area contributed by atoms with Gasteiger partial charge in [0.2, 0.25) is 0 Å². The Labute approximate surface area is 322 Å². The van der Waals surface area contributed by atoms with E-state index in [4.69, 9.17) is 9.47 Å². The third-order valence-electron chi connectivity index (χ3n) is 9.60. The third kappa shape index (κ3) is 40.6. The van der Waals surface area contributed by atoms with Crippen molar-refractivity contribution in [3.63, 3.8) is 0 Å². The summed E-state index contributed by atoms with van der Waals surface area (Å²) >= 11 is 0. The van der Waals surface area contributed by atoms with E-state index in [1.165, 1.54) is 128 Å². The van der Waals surface area contributed by atoms with Crippen LogP contribution in [0.1, 0.15) is 219 Å². The zero-order chi connectivity index (χ0) is 37.8. The highest BCUT2D eigenvalue weighted by Crippen LogP contribution is 2.14. The van der Waals surface area contributed by atoms with Gasteiger partial charge in [0.15, 0.2) is 6.10 Å². The molecule has 0 unspecified atom stereocenters. The van der Waals surface area contributed by atoms with Gasteiger partial charge in [-0.05, 0) is 77.0 Å². The number of aliphatic hydroxyl groups excluding tert-OH is 1. The van der Waals surface area contributed by atoms with E-state index in [0.717, 1.165) is 64.2 Å². The lowest BCUT2D eigenvalue weighted by atomic mass is 10.0. The van der Waals surface area contributed by atoms with Crippen LogP contribution >= 0.6 is 0 Å². The summed E-state index contributed by atoms with van der Waals surface area (Å²) in [7, 11) is 0. The number of hydrogen-bond acceptors (Lipinski definition) is 5. The molecule has 0 aliphatic heterocycles. The van der Waals surface area contributed by atoms with Crippen molar-refractivity contribution in [2.24, 2.45) is 0 Å². The Morgan fingerprint density at radius 1 is 0.442 bits per heavy atom. The zero-order valence-corrected chi connectivity index (χ0v) is 34.3. The van der Waals surface area contributed by atoms with Gasteiger partial charge in [0.1, 0.15) is 6.61 Å². The fraction of sp³-hybridized carbons (Fsp3) is 0.787. The van der Waals surface area contributed by atoms with E-state index in [1.807, 2.05) is 0 Å². The maximum absolute atomic E-state index is 12.2. The second kappa shape index (κ2) is 43.3. The standard InChI is InChI=1S/C47H84O5/c1-3-5-7-9-11-13-15-17-19-21-22-23-24-26-28-30-32-34-36-38-40-42-47(50)52-45(43-48)44-51-46(49)41-39-37-35-33-31-29-27-25-20-18-16-14-12-10-8-6-4-2/h12,14,17-20,27,29,45,48H,3-11,13,15-16,21-26,28,30-44H2,1-2H3/b14-12+,19-17+,20-18+,29-27+/t45-/m0/s1. The number of esters is 2. The number of carbonyl (C=O) groups excluding carboxylic acids is 2. The average Bonchev–Trinajstić information content (AvgIpc) is 3.15. The fourth-order valence-corrected chi connectivity index (χ4v) is 6.20. The van der Waals surface area contributed by atoms with E-state index in [1.54, 1.807) is 0 Å². The average molecular weight is 729 g/mol. The van der Waals surface area contributed by atoms with E-state index in [0.29, 0.717) is 12.8 Å². The molecule has 0 aliphatic carbocycles. The maximum atomic E-state index is 12.2. The van der Waals surface area contributed by atoms with Crippen molar-refractivity contribution in [2.45, 2.75) is 225 Å². The predicted octanol–water partition coefficient (Wildman–Crippen LogP) is 14.2. The Balaban J connectivity index is 3.56. The summed E-state index contributed by atoms with van der Waals surface area (Å²) in [6, 6.07) is 0. The summed E-state index contributed by atoms with van der Waals surface area (Å²) in [5.41, 5.74) is 0. The Morgan fingerprint density at radius 2 is 0.769 bits per heavy atom. The minimum absolute atomic E-state index is 0.0775. The van der Waals surface area contributed by atoms with Crippen LogP contribution in [0.2, 0.25) is 0 Å². The molecule has 0 aromatic rings. The van der Waals surface area contributed by atoms with Crippen LogP contribution in [0.15, 0.2) is 48.6 Å². The van der Waals surface area contributed by atoms with E-state index >= 15 is 0 Å². The Morgan fingerprint density at radius 3 is 1.21 bits per heavy atom. The minimum Gasteiger partial charge on any atom is -0.462 e. The molecule has 0 saturated heterocycles. The lowest BCUT2D eigenvalue weighted by Gasteiger charge is -2.15. The molecule has 0 aromatic heterocycles. The Hall–Kier alpha value is -2.14. The molecule has 0 fully saturated rings. The first-order valence-corrected chi connectivity index (χ1v) is 22.2. The van der Waals surface area contributed by atoms with E-state index in [-0.39, 0.29) is 25.2 Å². The van der Waals surface area contributed by atoms with Crippen LogP contribution in [0, 0.1) is 0 Å². The number of ether oxygens (including phenoxy) is 2. The third-order valence-corrected chi connectivity index (χ3v) is 9.60. The van der Waals surface area contributed by atoms with Crippen LogP contribution in [-0.4, -0.2) is 36.4 Å². The summed E-state index contributed by atoms with van der Waals surface area (Å²) in [5, 5.41) is 9.58. The molecule has 0 spiro atoms. The number of aliphatic hydroxyl groups is 1. The molecule has 0 saturated carbocycles. The molecule has 5 heteroatoms. The van der Waals surface area contributed by atoms with Gasteiger partial charge < -0.3 is 14.6 Å². The van der Waals surface area contributed by atoms with Gasteiger partial charge in [0.25, 0.3) is 0 Å². The van der Waals surface area contributed by atoms with Crippen molar-refractivity contribution in [1.82, 2.24) is 0 Å². The number of allylic oxidation sites excluding steroid dienone is 8. The van der Waals surface area contributed by atoms with Gasteiger partial charge in [-0.3, -0.25) is 9.59 Å². The molecule has 5 nitrogen and oxygen atoms in total. The highest BCUT2D eigenvalue weighted by Gasteiger charge is 2.16. The van der Waals surface area contributed by atoms with Gasteiger partial charge in [0.05, 0.1) is 6.61 Å². The van der Waals surface area contributed by atoms with Crippen LogP contribution < -0.4 is 0 Å². The maximum Gasteiger partial charge on any atom is 0.306 e. The lowest BCUT2D eigenvalue weighted by molar-refractivity contribution is -0.161. The van der Waals surface area contributed by atoms with Crippen molar-refractivity contribution < 1.29 is 24.2 Å². The van der Waals surface area contributed by atoms with Crippen molar-refractivity contribution in [2.75, 3.05) is 13.2 Å². The molecule has 52 heavy (non-hydrogen) atoms. The van der Waals surface area contributed by atoms with Crippen LogP contribution in [0.5, 0.6) is 0 Å². The topological polar surface area (TPSA) is 72.8 Å². The van der Waals surface area contributed by atoms with Crippen LogP contribution in [0.25, 0.3) is 0 Å². The highest BCUT2D eigenvalue weighted by atomic mass is 16.6. The normalized spacial score (nSPS) is 12.6. The minimum atomic E-state index is -0.781. The van der Waals surface area contributed by atoms with E-state index in [2.05, 4.69) is 62.5 Å². The monoisotopic (exact) mass is 729 g/mol. The molecule has 0 heterocycles. The van der Waals surface area contributed by atoms with Gasteiger partial charge in [-0.1, -0.05) is 178 Å². The molecular weight excluding hydrogens is 645 g/mol. The number of unbranched alkanes of at least 4 members (excludes halogenated alkanes) is 24. The van der Waals surface area contributed by atoms with Crippen molar-refractivity contribution >= 4 is 11.9 Å². The second-order valence-corrected chi connectivity index (χ2v) is 14.8. The largest absolute Gasteiger partial charge is 0.462 e. The molecule has 0 aromatic carbocycles. The highest BCUT2D eigenvalue weighted by molar-refractivity contribution is 5.70. The smallest absolute Gasteiger partial charge is 0.306 e. The SMILES string of the molecule is CCCCC/C=C/C/C=C/C/C=C/CCCCCCC(=O)OC[C@H](CO)OC(=O)CCCCCCCCCCCCC/C=C/CCCCCCCC. The zero-order valence-electron chi connectivity index (χ0n) is 34.3. The summed E-state index contributed by atoms with van der Waals surface area (Å²) in [6.07, 6.45) is 54.6. The van der Waals surface area contributed by atoms with Crippen molar-refractivity contribution in [3.8, 4) is 0 Å². The van der Waals surface area contributed by atoms with Crippen LogP contribution in [-0.2, 0) is 19.1 Å². The first-order chi connectivity index (χ1) is 25.6. The molecule has 1 atom stereocenters. The molecular formula is C47H84O5. The summed E-state index contributed by atoms with van der Waals surface area (Å²) < 4.78 is 10.6. The first kappa shape index (κ1) is 49.9. The predicted molar refractivity (Wildman–Crippen MR) is 224 cm³/mol. The van der Waals surface area contributed by atoms with E-state index < -0.39 is 6.10 Å². The van der Waals surface area contributed by atoms with Crippen LogP contribution in [0.3, 0.4) is 0 Å². The first-order valence-electron chi connectivity index (χ1n) is 22.2. The number of carbonyl (C=O) groups is 2. The summed E-state index contributed by atoms with van der Waals surface area (Å²) in [5.74, 6) is -0.613. The molecule has 0 rings (SSSR count). The molecule has 302 valence electrons. The van der Waals surface area contributed by atoms with Crippen molar-refractivity contribution in [3.05, 3.63) is 48.6 Å².